The average Bonchev–Trinajstić information content (AvgIpc) is 3.22. The molecule has 104 valence electrons. The Bertz CT molecular complexity index is 775. The minimum Gasteiger partial charge on any atom is -0.480 e. The van der Waals surface area contributed by atoms with E-state index in [1.54, 1.807) is 12.1 Å². The van der Waals surface area contributed by atoms with Crippen LogP contribution in [0.5, 0.6) is 0 Å². The van der Waals surface area contributed by atoms with Gasteiger partial charge in [-0.1, -0.05) is 30.3 Å². The van der Waals surface area contributed by atoms with Crippen LogP contribution in [0.4, 0.5) is 0 Å². The van der Waals surface area contributed by atoms with Gasteiger partial charge in [0.25, 0.3) is 0 Å². The molecule has 3 rings (SSSR count). The molecular formula is C15H14O4S. The lowest BCUT2D eigenvalue weighted by Crippen LogP contribution is -2.32. The number of hydrogen-bond donors (Lipinski definition) is 1. The van der Waals surface area contributed by atoms with Crippen LogP contribution >= 0.6 is 0 Å². The number of carbonyl (C=O) groups is 1. The molecule has 0 amide bonds. The Morgan fingerprint density at radius 3 is 2.35 bits per heavy atom. The van der Waals surface area contributed by atoms with Crippen molar-refractivity contribution in [1.82, 2.24) is 0 Å². The molecule has 2 aromatic rings. The first-order valence-electron chi connectivity index (χ1n) is 6.45. The summed E-state index contributed by atoms with van der Waals surface area (Å²) < 4.78 is 25.0. The molecule has 0 heterocycles. The van der Waals surface area contributed by atoms with Gasteiger partial charge in [0, 0.05) is 0 Å². The molecule has 5 heteroatoms. The van der Waals surface area contributed by atoms with E-state index >= 15 is 0 Å². The second kappa shape index (κ2) is 4.59. The number of aliphatic carboxylic acids is 1. The van der Waals surface area contributed by atoms with E-state index < -0.39 is 21.1 Å². The third kappa shape index (κ3) is 2.18. The largest absolute Gasteiger partial charge is 0.480 e. The number of carboxylic acids is 1. The Labute approximate surface area is 117 Å². The van der Waals surface area contributed by atoms with Crippen LogP contribution in [0.1, 0.15) is 12.8 Å². The molecule has 0 aliphatic heterocycles. The Kier molecular flexibility index (Phi) is 3.01. The third-order valence-corrected chi connectivity index (χ3v) is 5.84. The molecule has 1 saturated carbocycles. The maximum atomic E-state index is 12.5. The van der Waals surface area contributed by atoms with Crippen molar-refractivity contribution in [2.45, 2.75) is 23.0 Å². The molecule has 20 heavy (non-hydrogen) atoms. The summed E-state index contributed by atoms with van der Waals surface area (Å²) in [6.45, 7) is 0. The quantitative estimate of drug-likeness (QED) is 0.939. The molecule has 4 nitrogen and oxygen atoms in total. The molecule has 0 radical (unpaired) electrons. The highest BCUT2D eigenvalue weighted by Crippen LogP contribution is 2.39. The molecule has 0 bridgehead atoms. The van der Waals surface area contributed by atoms with Crippen molar-refractivity contribution in [3.63, 3.8) is 0 Å². The fourth-order valence-corrected chi connectivity index (χ4v) is 4.36. The van der Waals surface area contributed by atoms with Gasteiger partial charge in [0.05, 0.1) is 4.90 Å². The van der Waals surface area contributed by atoms with E-state index in [0.717, 1.165) is 10.8 Å². The molecule has 0 saturated heterocycles. The third-order valence-electron chi connectivity index (χ3n) is 3.68. The molecule has 1 aliphatic carbocycles. The van der Waals surface area contributed by atoms with E-state index in [2.05, 4.69) is 0 Å². The Morgan fingerprint density at radius 1 is 1.10 bits per heavy atom. The minimum absolute atomic E-state index is 0.0931. The van der Waals surface area contributed by atoms with Gasteiger partial charge in [-0.05, 0) is 41.7 Å². The van der Waals surface area contributed by atoms with E-state index in [0.29, 0.717) is 12.8 Å². The van der Waals surface area contributed by atoms with Gasteiger partial charge in [-0.15, -0.1) is 0 Å². The second-order valence-corrected chi connectivity index (χ2v) is 7.22. The molecular weight excluding hydrogens is 276 g/mol. The first-order chi connectivity index (χ1) is 9.50. The maximum absolute atomic E-state index is 12.5. The average molecular weight is 290 g/mol. The van der Waals surface area contributed by atoms with E-state index in [9.17, 15) is 18.3 Å². The van der Waals surface area contributed by atoms with Gasteiger partial charge in [-0.25, -0.2) is 8.42 Å². The van der Waals surface area contributed by atoms with Gasteiger partial charge in [-0.2, -0.15) is 0 Å². The van der Waals surface area contributed by atoms with Crippen molar-refractivity contribution in [3.8, 4) is 0 Å². The zero-order valence-electron chi connectivity index (χ0n) is 10.7. The molecule has 1 unspecified atom stereocenters. The smallest absolute Gasteiger partial charge is 0.322 e. The fraction of sp³-hybridized carbons (Fsp3) is 0.267. The van der Waals surface area contributed by atoms with E-state index in [1.807, 2.05) is 24.3 Å². The number of rotatable bonds is 4. The van der Waals surface area contributed by atoms with E-state index in [4.69, 9.17) is 0 Å². The SMILES string of the molecule is O=C(O)C(C1CC1)S(=O)(=O)c1ccc2ccccc2c1. The van der Waals surface area contributed by atoms with Crippen molar-refractivity contribution < 1.29 is 18.3 Å². The van der Waals surface area contributed by atoms with Crippen LogP contribution in [0.3, 0.4) is 0 Å². The van der Waals surface area contributed by atoms with Gasteiger partial charge in [-0.3, -0.25) is 4.79 Å². The second-order valence-electron chi connectivity index (χ2n) is 5.15. The van der Waals surface area contributed by atoms with Crippen molar-refractivity contribution in [3.05, 3.63) is 42.5 Å². The van der Waals surface area contributed by atoms with Crippen molar-refractivity contribution in [1.29, 1.82) is 0 Å². The standard InChI is InChI=1S/C15H14O4S/c16-15(17)14(11-5-6-11)20(18,19)13-8-7-10-3-1-2-4-12(10)9-13/h1-4,7-9,11,14H,5-6H2,(H,16,17). The number of hydrogen-bond acceptors (Lipinski definition) is 3. The zero-order chi connectivity index (χ0) is 14.3. The first kappa shape index (κ1) is 13.1. The van der Waals surface area contributed by atoms with Crippen LogP contribution in [0.15, 0.2) is 47.4 Å². The van der Waals surface area contributed by atoms with Crippen LogP contribution in [-0.2, 0) is 14.6 Å². The summed E-state index contributed by atoms with van der Waals surface area (Å²) in [5.74, 6) is -1.50. The van der Waals surface area contributed by atoms with Gasteiger partial charge in [0.1, 0.15) is 0 Å². The fourth-order valence-electron chi connectivity index (χ4n) is 2.48. The highest BCUT2D eigenvalue weighted by molar-refractivity contribution is 7.92. The lowest BCUT2D eigenvalue weighted by atomic mass is 10.1. The summed E-state index contributed by atoms with van der Waals surface area (Å²) in [4.78, 5) is 11.4. The summed E-state index contributed by atoms with van der Waals surface area (Å²) in [5.41, 5.74) is 0. The maximum Gasteiger partial charge on any atom is 0.322 e. The molecule has 0 spiro atoms. The summed E-state index contributed by atoms with van der Waals surface area (Å²) in [6, 6.07) is 12.2. The summed E-state index contributed by atoms with van der Waals surface area (Å²) >= 11 is 0. The predicted octanol–water partition coefficient (Wildman–Crippen LogP) is 2.48. The van der Waals surface area contributed by atoms with Crippen molar-refractivity contribution in [2.24, 2.45) is 5.92 Å². The summed E-state index contributed by atoms with van der Waals surface area (Å²) in [7, 11) is -3.83. The summed E-state index contributed by atoms with van der Waals surface area (Å²) in [6.07, 6.45) is 1.34. The zero-order valence-corrected chi connectivity index (χ0v) is 11.5. The topological polar surface area (TPSA) is 71.4 Å². The molecule has 1 atom stereocenters. The van der Waals surface area contributed by atoms with Gasteiger partial charge < -0.3 is 5.11 Å². The number of benzene rings is 2. The number of fused-ring (bicyclic) bond motifs is 1. The van der Waals surface area contributed by atoms with Crippen molar-refractivity contribution >= 4 is 26.6 Å². The van der Waals surface area contributed by atoms with Gasteiger partial charge in [0.15, 0.2) is 15.1 Å². The molecule has 1 aliphatic rings. The first-order valence-corrected chi connectivity index (χ1v) is 8.00. The van der Waals surface area contributed by atoms with Crippen molar-refractivity contribution in [2.75, 3.05) is 0 Å². The van der Waals surface area contributed by atoms with Gasteiger partial charge in [0.2, 0.25) is 0 Å². The van der Waals surface area contributed by atoms with E-state index in [1.165, 1.54) is 6.07 Å². The number of sulfone groups is 1. The van der Waals surface area contributed by atoms with Crippen LogP contribution in [0.2, 0.25) is 0 Å². The Morgan fingerprint density at radius 2 is 1.75 bits per heavy atom. The van der Waals surface area contributed by atoms with E-state index in [-0.39, 0.29) is 10.8 Å². The van der Waals surface area contributed by atoms with Crippen LogP contribution in [-0.4, -0.2) is 24.7 Å². The molecule has 1 N–H and O–H groups in total. The van der Waals surface area contributed by atoms with Crippen LogP contribution < -0.4 is 0 Å². The lowest BCUT2D eigenvalue weighted by Gasteiger charge is -2.13. The molecule has 0 aromatic heterocycles. The predicted molar refractivity (Wildman–Crippen MR) is 75.3 cm³/mol. The monoisotopic (exact) mass is 290 g/mol. The highest BCUT2D eigenvalue weighted by Gasteiger charge is 2.45. The Balaban J connectivity index is 2.10. The lowest BCUT2D eigenvalue weighted by molar-refractivity contribution is -0.136. The molecule has 1 fully saturated rings. The number of carboxylic acid groups (broad SMARTS) is 1. The minimum atomic E-state index is -3.83. The summed E-state index contributed by atoms with van der Waals surface area (Å²) in [5, 5.41) is 9.63. The Hall–Kier alpha value is -1.88. The van der Waals surface area contributed by atoms with Gasteiger partial charge >= 0.3 is 5.97 Å². The van der Waals surface area contributed by atoms with Crippen LogP contribution in [0, 0.1) is 5.92 Å². The normalized spacial score (nSPS) is 17.0. The van der Waals surface area contributed by atoms with Crippen LogP contribution in [0.25, 0.3) is 10.8 Å². The molecule has 2 aromatic carbocycles. The highest BCUT2D eigenvalue weighted by atomic mass is 32.2.